The van der Waals surface area contributed by atoms with Crippen molar-refractivity contribution in [2.24, 2.45) is 5.92 Å². The van der Waals surface area contributed by atoms with Gasteiger partial charge in [-0.25, -0.2) is 13.2 Å². The number of sulfone groups is 1. The molecule has 0 saturated carbocycles. The molecule has 3 N–H and O–H groups in total. The molecule has 2 unspecified atom stereocenters. The van der Waals surface area contributed by atoms with E-state index in [2.05, 4.69) is 16.0 Å². The van der Waals surface area contributed by atoms with Crippen LogP contribution in [0.15, 0.2) is 24.3 Å². The largest absolute Gasteiger partial charge is 0.495 e. The molecule has 1 fully saturated rings. The standard InChI is InChI=1S/C17H25N3O5S/c1-11(2)15(16(21)19-13-6-4-5-7-14(13)25-3)20-17(22)18-12-8-9-26(23,24)10-12/h4-7,11-12,15H,8-10H2,1-3H3,(H,19,21)(H2,18,20,22). The number of hydrogen-bond donors (Lipinski definition) is 3. The summed E-state index contributed by atoms with van der Waals surface area (Å²) in [6.45, 7) is 3.62. The molecule has 1 aromatic carbocycles. The first-order valence-corrected chi connectivity index (χ1v) is 10.3. The van der Waals surface area contributed by atoms with E-state index in [1.54, 1.807) is 24.3 Å². The molecule has 0 aliphatic carbocycles. The van der Waals surface area contributed by atoms with Crippen LogP contribution in [0.25, 0.3) is 0 Å². The fraction of sp³-hybridized carbons (Fsp3) is 0.529. The van der Waals surface area contributed by atoms with Crippen molar-refractivity contribution in [3.05, 3.63) is 24.3 Å². The zero-order valence-corrected chi connectivity index (χ0v) is 15.9. The van der Waals surface area contributed by atoms with E-state index in [9.17, 15) is 18.0 Å². The summed E-state index contributed by atoms with van der Waals surface area (Å²) in [6, 6.07) is 5.22. The molecule has 3 amide bonds. The van der Waals surface area contributed by atoms with Gasteiger partial charge in [-0.2, -0.15) is 0 Å². The van der Waals surface area contributed by atoms with E-state index in [4.69, 9.17) is 4.74 Å². The SMILES string of the molecule is COc1ccccc1NC(=O)C(NC(=O)NC1CCS(=O)(=O)C1)C(C)C. The first-order chi connectivity index (χ1) is 12.2. The minimum Gasteiger partial charge on any atom is -0.495 e. The van der Waals surface area contributed by atoms with E-state index >= 15 is 0 Å². The van der Waals surface area contributed by atoms with E-state index in [1.807, 2.05) is 13.8 Å². The van der Waals surface area contributed by atoms with E-state index in [0.717, 1.165) is 0 Å². The van der Waals surface area contributed by atoms with E-state index in [1.165, 1.54) is 7.11 Å². The van der Waals surface area contributed by atoms with Crippen molar-refractivity contribution in [1.82, 2.24) is 10.6 Å². The van der Waals surface area contributed by atoms with Crippen LogP contribution in [-0.2, 0) is 14.6 Å². The van der Waals surface area contributed by atoms with Crippen LogP contribution < -0.4 is 20.7 Å². The third-order valence-electron chi connectivity index (χ3n) is 4.17. The van der Waals surface area contributed by atoms with Gasteiger partial charge >= 0.3 is 6.03 Å². The molecule has 0 bridgehead atoms. The number of carbonyl (C=O) groups is 2. The van der Waals surface area contributed by atoms with Crippen LogP contribution in [0.4, 0.5) is 10.5 Å². The number of rotatable bonds is 6. The Labute approximate surface area is 153 Å². The molecule has 0 spiro atoms. The van der Waals surface area contributed by atoms with Crippen LogP contribution in [0.2, 0.25) is 0 Å². The Balaban J connectivity index is 1.99. The van der Waals surface area contributed by atoms with Crippen molar-refractivity contribution in [2.45, 2.75) is 32.4 Å². The number of para-hydroxylation sites is 2. The van der Waals surface area contributed by atoms with Gasteiger partial charge in [-0.15, -0.1) is 0 Å². The predicted molar refractivity (Wildman–Crippen MR) is 99.0 cm³/mol. The van der Waals surface area contributed by atoms with Crippen LogP contribution in [-0.4, -0.2) is 51.1 Å². The maximum atomic E-state index is 12.6. The minimum atomic E-state index is -3.09. The average Bonchev–Trinajstić information content (AvgIpc) is 2.91. The molecule has 1 aromatic rings. The molecule has 1 aliphatic heterocycles. The summed E-state index contributed by atoms with van der Waals surface area (Å²) in [5.74, 6) is -0.0227. The molecule has 0 radical (unpaired) electrons. The van der Waals surface area contributed by atoms with Gasteiger partial charge in [0.2, 0.25) is 5.91 Å². The minimum absolute atomic E-state index is 0.0693. The molecule has 8 nitrogen and oxygen atoms in total. The van der Waals surface area contributed by atoms with Gasteiger partial charge in [-0.3, -0.25) is 4.79 Å². The monoisotopic (exact) mass is 383 g/mol. The maximum Gasteiger partial charge on any atom is 0.315 e. The Hall–Kier alpha value is -2.29. The van der Waals surface area contributed by atoms with Gasteiger partial charge in [0.15, 0.2) is 9.84 Å². The Bertz CT molecular complexity index is 763. The Kier molecular flexibility index (Phi) is 6.47. The number of benzene rings is 1. The Morgan fingerprint density at radius 1 is 1.23 bits per heavy atom. The highest BCUT2D eigenvalue weighted by molar-refractivity contribution is 7.91. The summed E-state index contributed by atoms with van der Waals surface area (Å²) in [6.07, 6.45) is 0.384. The summed E-state index contributed by atoms with van der Waals surface area (Å²) in [7, 11) is -1.58. The lowest BCUT2D eigenvalue weighted by molar-refractivity contribution is -0.118. The summed E-state index contributed by atoms with van der Waals surface area (Å²) >= 11 is 0. The molecule has 9 heteroatoms. The Morgan fingerprint density at radius 2 is 1.92 bits per heavy atom. The highest BCUT2D eigenvalue weighted by Crippen LogP contribution is 2.23. The van der Waals surface area contributed by atoms with Crippen LogP contribution in [0, 0.1) is 5.92 Å². The van der Waals surface area contributed by atoms with Gasteiger partial charge < -0.3 is 20.7 Å². The smallest absolute Gasteiger partial charge is 0.315 e. The van der Waals surface area contributed by atoms with Gasteiger partial charge in [-0.05, 0) is 24.5 Å². The fourth-order valence-electron chi connectivity index (χ4n) is 2.77. The quantitative estimate of drug-likeness (QED) is 0.682. The van der Waals surface area contributed by atoms with Crippen LogP contribution in [0.5, 0.6) is 5.75 Å². The van der Waals surface area contributed by atoms with Crippen LogP contribution in [0.3, 0.4) is 0 Å². The van der Waals surface area contributed by atoms with Gasteiger partial charge in [0, 0.05) is 6.04 Å². The fourth-order valence-corrected chi connectivity index (χ4v) is 4.44. The number of hydrogen-bond acceptors (Lipinski definition) is 5. The molecule has 26 heavy (non-hydrogen) atoms. The van der Waals surface area contributed by atoms with E-state index in [-0.39, 0.29) is 23.3 Å². The number of amides is 3. The highest BCUT2D eigenvalue weighted by Gasteiger charge is 2.31. The van der Waals surface area contributed by atoms with Crippen LogP contribution in [0.1, 0.15) is 20.3 Å². The van der Waals surface area contributed by atoms with Crippen molar-refractivity contribution >= 4 is 27.5 Å². The lowest BCUT2D eigenvalue weighted by atomic mass is 10.0. The molecule has 2 rings (SSSR count). The first kappa shape index (κ1) is 20.0. The second kappa shape index (κ2) is 8.39. The number of methoxy groups -OCH3 is 1. The third kappa shape index (κ3) is 5.35. The lowest BCUT2D eigenvalue weighted by Crippen LogP contribution is -2.52. The molecular formula is C17H25N3O5S. The second-order valence-electron chi connectivity index (χ2n) is 6.63. The van der Waals surface area contributed by atoms with Crippen LogP contribution >= 0.6 is 0 Å². The molecule has 1 saturated heterocycles. The Morgan fingerprint density at radius 3 is 2.50 bits per heavy atom. The summed E-state index contributed by atoms with van der Waals surface area (Å²) in [4.78, 5) is 24.8. The summed E-state index contributed by atoms with van der Waals surface area (Å²) in [5, 5.41) is 8.01. The molecule has 144 valence electrons. The topological polar surface area (TPSA) is 114 Å². The van der Waals surface area contributed by atoms with Crippen molar-refractivity contribution in [3.63, 3.8) is 0 Å². The molecule has 2 atom stereocenters. The number of carbonyl (C=O) groups excluding carboxylic acids is 2. The van der Waals surface area contributed by atoms with Crippen molar-refractivity contribution < 1.29 is 22.7 Å². The average molecular weight is 383 g/mol. The lowest BCUT2D eigenvalue weighted by Gasteiger charge is -2.23. The zero-order valence-electron chi connectivity index (χ0n) is 15.1. The van der Waals surface area contributed by atoms with E-state index in [0.29, 0.717) is 17.9 Å². The molecule has 1 heterocycles. The maximum absolute atomic E-state index is 12.6. The normalized spacial score (nSPS) is 19.6. The van der Waals surface area contributed by atoms with Gasteiger partial charge in [-0.1, -0.05) is 26.0 Å². The van der Waals surface area contributed by atoms with Gasteiger partial charge in [0.25, 0.3) is 0 Å². The molecule has 1 aliphatic rings. The molecular weight excluding hydrogens is 358 g/mol. The first-order valence-electron chi connectivity index (χ1n) is 8.43. The summed E-state index contributed by atoms with van der Waals surface area (Å²) in [5.41, 5.74) is 0.509. The number of urea groups is 1. The van der Waals surface area contributed by atoms with Crippen molar-refractivity contribution in [1.29, 1.82) is 0 Å². The number of nitrogens with one attached hydrogen (secondary N) is 3. The van der Waals surface area contributed by atoms with Crippen molar-refractivity contribution in [3.8, 4) is 5.75 Å². The molecule has 0 aromatic heterocycles. The second-order valence-corrected chi connectivity index (χ2v) is 8.86. The van der Waals surface area contributed by atoms with Crippen molar-refractivity contribution in [2.75, 3.05) is 23.9 Å². The van der Waals surface area contributed by atoms with Gasteiger partial charge in [0.1, 0.15) is 11.8 Å². The zero-order chi connectivity index (χ0) is 19.3. The number of ether oxygens (including phenoxy) is 1. The predicted octanol–water partition coefficient (Wildman–Crippen LogP) is 1.14. The third-order valence-corrected chi connectivity index (χ3v) is 5.94. The van der Waals surface area contributed by atoms with E-state index < -0.39 is 28.0 Å². The number of anilines is 1. The summed E-state index contributed by atoms with van der Waals surface area (Å²) < 4.78 is 28.2. The highest BCUT2D eigenvalue weighted by atomic mass is 32.2. The van der Waals surface area contributed by atoms with Gasteiger partial charge in [0.05, 0.1) is 24.3 Å².